The number of H-pyrrole nitrogens is 1. The van der Waals surface area contributed by atoms with E-state index in [2.05, 4.69) is 4.98 Å². The standard InChI is InChI=1S/C25H36N4O5/c1-7-12-34-19-10-8-18(13-20(19)33-6)9-11-21(30)28(14-16(2)3)22-23(26)29(15-17(4)5)25(32)27-24(22)31/h8-11,13,16-17H,7,12,14-15,26H2,1-6H3,(H,27,31,32)/b11-9+. The number of carbonyl (C=O) groups excluding carboxylic acids is 1. The number of nitrogen functional groups attached to an aromatic ring is 1. The van der Waals surface area contributed by atoms with Crippen molar-refractivity contribution in [3.8, 4) is 11.5 Å². The van der Waals surface area contributed by atoms with Crippen LogP contribution in [-0.2, 0) is 11.3 Å². The number of carbonyl (C=O) groups is 1. The van der Waals surface area contributed by atoms with Gasteiger partial charge in [-0.15, -0.1) is 0 Å². The monoisotopic (exact) mass is 472 g/mol. The first-order valence-corrected chi connectivity index (χ1v) is 11.5. The number of hydrogen-bond donors (Lipinski definition) is 2. The van der Waals surface area contributed by atoms with E-state index in [1.165, 1.54) is 15.5 Å². The van der Waals surface area contributed by atoms with Crippen molar-refractivity contribution in [3.05, 3.63) is 50.7 Å². The Balaban J connectivity index is 2.44. The average Bonchev–Trinajstić information content (AvgIpc) is 2.77. The Bertz CT molecular complexity index is 1130. The van der Waals surface area contributed by atoms with Gasteiger partial charge in [-0.2, -0.15) is 0 Å². The van der Waals surface area contributed by atoms with Gasteiger partial charge in [-0.25, -0.2) is 4.79 Å². The zero-order valence-corrected chi connectivity index (χ0v) is 20.9. The normalized spacial score (nSPS) is 11.4. The van der Waals surface area contributed by atoms with E-state index in [-0.39, 0.29) is 29.9 Å². The molecule has 1 aromatic heterocycles. The van der Waals surface area contributed by atoms with Crippen molar-refractivity contribution in [1.82, 2.24) is 9.55 Å². The number of rotatable bonds is 11. The van der Waals surface area contributed by atoms with Crippen molar-refractivity contribution < 1.29 is 14.3 Å². The van der Waals surface area contributed by atoms with Crippen LogP contribution in [0.4, 0.5) is 11.5 Å². The zero-order chi connectivity index (χ0) is 25.4. The summed E-state index contributed by atoms with van der Waals surface area (Å²) in [6.07, 6.45) is 3.88. The van der Waals surface area contributed by atoms with Crippen molar-refractivity contribution in [2.45, 2.75) is 47.6 Å². The van der Waals surface area contributed by atoms with E-state index >= 15 is 0 Å². The first-order valence-electron chi connectivity index (χ1n) is 11.5. The molecule has 0 aliphatic heterocycles. The predicted molar refractivity (Wildman–Crippen MR) is 136 cm³/mol. The fourth-order valence-corrected chi connectivity index (χ4v) is 3.42. The molecule has 2 rings (SSSR count). The van der Waals surface area contributed by atoms with Gasteiger partial charge in [0.15, 0.2) is 17.2 Å². The third kappa shape index (κ3) is 6.76. The first-order chi connectivity index (χ1) is 16.1. The lowest BCUT2D eigenvalue weighted by Crippen LogP contribution is -2.42. The molecule has 1 heterocycles. The van der Waals surface area contributed by atoms with Gasteiger partial charge in [0.05, 0.1) is 13.7 Å². The number of amides is 1. The Morgan fingerprint density at radius 3 is 2.47 bits per heavy atom. The molecule has 34 heavy (non-hydrogen) atoms. The fraction of sp³-hybridized carbons (Fsp3) is 0.480. The minimum atomic E-state index is -0.691. The molecule has 1 amide bonds. The van der Waals surface area contributed by atoms with Crippen molar-refractivity contribution in [2.75, 3.05) is 30.9 Å². The maximum absolute atomic E-state index is 13.2. The largest absolute Gasteiger partial charge is 0.493 e. The Kier molecular flexibility index (Phi) is 9.53. The molecule has 0 aliphatic carbocycles. The van der Waals surface area contributed by atoms with Gasteiger partial charge < -0.3 is 20.1 Å². The third-order valence-corrected chi connectivity index (χ3v) is 4.91. The van der Waals surface area contributed by atoms with Crippen LogP contribution >= 0.6 is 0 Å². The minimum absolute atomic E-state index is 0.0236. The van der Waals surface area contributed by atoms with E-state index in [0.29, 0.717) is 24.7 Å². The van der Waals surface area contributed by atoms with E-state index in [0.717, 1.165) is 12.0 Å². The van der Waals surface area contributed by atoms with Crippen LogP contribution in [0.2, 0.25) is 0 Å². The Labute approximate surface area is 200 Å². The molecule has 0 atom stereocenters. The first kappa shape index (κ1) is 26.8. The van der Waals surface area contributed by atoms with Crippen LogP contribution in [-0.4, -0.2) is 35.7 Å². The quantitative estimate of drug-likeness (QED) is 0.485. The molecule has 3 N–H and O–H groups in total. The van der Waals surface area contributed by atoms with Crippen LogP contribution in [0.3, 0.4) is 0 Å². The summed E-state index contributed by atoms with van der Waals surface area (Å²) in [7, 11) is 1.55. The Hall–Kier alpha value is -3.49. The average molecular weight is 473 g/mol. The highest BCUT2D eigenvalue weighted by Crippen LogP contribution is 2.29. The van der Waals surface area contributed by atoms with Gasteiger partial charge in [0.25, 0.3) is 11.5 Å². The molecule has 0 saturated heterocycles. The number of aromatic nitrogens is 2. The number of benzene rings is 1. The van der Waals surface area contributed by atoms with Gasteiger partial charge in [0.2, 0.25) is 0 Å². The summed E-state index contributed by atoms with van der Waals surface area (Å²) in [5, 5.41) is 0. The number of nitrogens with two attached hydrogens (primary N) is 1. The molecule has 0 bridgehead atoms. The van der Waals surface area contributed by atoms with E-state index in [1.807, 2.05) is 40.7 Å². The number of anilines is 2. The highest BCUT2D eigenvalue weighted by atomic mass is 16.5. The van der Waals surface area contributed by atoms with Crippen LogP contribution < -0.4 is 31.4 Å². The number of nitrogens with zero attached hydrogens (tertiary/aromatic N) is 2. The molecule has 2 aromatic rings. The van der Waals surface area contributed by atoms with E-state index in [9.17, 15) is 14.4 Å². The zero-order valence-electron chi connectivity index (χ0n) is 20.9. The molecule has 0 saturated carbocycles. The van der Waals surface area contributed by atoms with Crippen molar-refractivity contribution in [2.24, 2.45) is 11.8 Å². The van der Waals surface area contributed by atoms with Gasteiger partial charge >= 0.3 is 5.69 Å². The lowest BCUT2D eigenvalue weighted by Gasteiger charge is -2.25. The summed E-state index contributed by atoms with van der Waals surface area (Å²) >= 11 is 0. The smallest absolute Gasteiger partial charge is 0.330 e. The summed E-state index contributed by atoms with van der Waals surface area (Å²) < 4.78 is 12.4. The van der Waals surface area contributed by atoms with Crippen molar-refractivity contribution in [1.29, 1.82) is 0 Å². The van der Waals surface area contributed by atoms with Gasteiger partial charge in [0, 0.05) is 19.2 Å². The van der Waals surface area contributed by atoms with Crippen LogP contribution in [0, 0.1) is 11.8 Å². The molecule has 0 radical (unpaired) electrons. The SMILES string of the molecule is CCCOc1ccc(/C=C/C(=O)N(CC(C)C)c2c(N)n(CC(C)C)c(=O)[nH]c2=O)cc1OC. The fourth-order valence-electron chi connectivity index (χ4n) is 3.42. The Morgan fingerprint density at radius 1 is 1.18 bits per heavy atom. The van der Waals surface area contributed by atoms with Gasteiger partial charge in [0.1, 0.15) is 5.82 Å². The number of hydrogen-bond acceptors (Lipinski definition) is 6. The maximum Gasteiger partial charge on any atom is 0.330 e. The minimum Gasteiger partial charge on any atom is -0.493 e. The molecule has 9 nitrogen and oxygen atoms in total. The van der Waals surface area contributed by atoms with Gasteiger partial charge in [-0.3, -0.25) is 19.1 Å². The molecular formula is C25H36N4O5. The predicted octanol–water partition coefficient (Wildman–Crippen LogP) is 3.27. The molecule has 186 valence electrons. The summed E-state index contributed by atoms with van der Waals surface area (Å²) in [6, 6.07) is 5.37. The van der Waals surface area contributed by atoms with Crippen molar-refractivity contribution >= 4 is 23.5 Å². The van der Waals surface area contributed by atoms with Crippen LogP contribution in [0.25, 0.3) is 6.08 Å². The maximum atomic E-state index is 13.2. The van der Waals surface area contributed by atoms with Gasteiger partial charge in [-0.1, -0.05) is 40.7 Å². The molecule has 0 unspecified atom stereocenters. The molecular weight excluding hydrogens is 436 g/mol. The summed E-state index contributed by atoms with van der Waals surface area (Å²) in [5.74, 6) is 0.906. The third-order valence-electron chi connectivity index (χ3n) is 4.91. The molecule has 0 fully saturated rings. The van der Waals surface area contributed by atoms with E-state index < -0.39 is 17.2 Å². The molecule has 9 heteroatoms. The van der Waals surface area contributed by atoms with Crippen LogP contribution in [0.5, 0.6) is 11.5 Å². The van der Waals surface area contributed by atoms with Crippen molar-refractivity contribution in [3.63, 3.8) is 0 Å². The second kappa shape index (κ2) is 12.1. The summed E-state index contributed by atoms with van der Waals surface area (Å²) in [6.45, 7) is 10.9. The lowest BCUT2D eigenvalue weighted by atomic mass is 10.1. The number of methoxy groups -OCH3 is 1. The molecule has 0 aliphatic rings. The van der Waals surface area contributed by atoms with E-state index in [4.69, 9.17) is 15.2 Å². The topological polar surface area (TPSA) is 120 Å². The van der Waals surface area contributed by atoms with Gasteiger partial charge in [-0.05, 0) is 42.0 Å². The number of nitrogens with one attached hydrogen (secondary N) is 1. The second-order valence-electron chi connectivity index (χ2n) is 8.93. The summed E-state index contributed by atoms with van der Waals surface area (Å²) in [5.41, 5.74) is 5.66. The number of ether oxygens (including phenoxy) is 2. The summed E-state index contributed by atoms with van der Waals surface area (Å²) in [4.78, 5) is 41.9. The number of aromatic amines is 1. The Morgan fingerprint density at radius 2 is 1.88 bits per heavy atom. The molecule has 1 aromatic carbocycles. The highest BCUT2D eigenvalue weighted by molar-refractivity contribution is 6.05. The van der Waals surface area contributed by atoms with Crippen LogP contribution in [0.15, 0.2) is 33.9 Å². The molecule has 0 spiro atoms. The van der Waals surface area contributed by atoms with Crippen LogP contribution in [0.1, 0.15) is 46.6 Å². The highest BCUT2D eigenvalue weighted by Gasteiger charge is 2.24. The lowest BCUT2D eigenvalue weighted by molar-refractivity contribution is -0.114. The second-order valence-corrected chi connectivity index (χ2v) is 8.93. The van der Waals surface area contributed by atoms with E-state index in [1.54, 1.807) is 25.3 Å².